The first-order valence-electron chi connectivity index (χ1n) is 19.5. The number of fused-ring (bicyclic) bond motifs is 4. The summed E-state index contributed by atoms with van der Waals surface area (Å²) < 4.78 is 0. The van der Waals surface area contributed by atoms with E-state index >= 15 is 0 Å². The van der Waals surface area contributed by atoms with Crippen LogP contribution < -0.4 is 16.4 Å². The lowest BCUT2D eigenvalue weighted by atomic mass is 9.27. The van der Waals surface area contributed by atoms with Gasteiger partial charge in [-0.05, 0) is 79.9 Å². The van der Waals surface area contributed by atoms with Crippen molar-refractivity contribution in [2.75, 3.05) is 0 Å². The zero-order valence-corrected chi connectivity index (χ0v) is 31.8. The molecular formula is C53H42BN. The first kappa shape index (κ1) is 33.3. The van der Waals surface area contributed by atoms with Gasteiger partial charge in [0.1, 0.15) is 0 Å². The SMILES string of the molecule is CC1(C)c2ccccc2B2c3ccccc3C(C)(C)c3cc(-c4cccc(-c5cccc(-c6cc(-c7ccccc7)nc(-c7ccccc7)c6)c5)c4)cc1c32. The van der Waals surface area contributed by atoms with Crippen molar-refractivity contribution in [2.45, 2.75) is 38.5 Å². The van der Waals surface area contributed by atoms with Crippen molar-refractivity contribution in [2.24, 2.45) is 0 Å². The topological polar surface area (TPSA) is 12.9 Å². The summed E-state index contributed by atoms with van der Waals surface area (Å²) in [4.78, 5) is 5.12. The highest BCUT2D eigenvalue weighted by molar-refractivity contribution is 6.97. The summed E-state index contributed by atoms with van der Waals surface area (Å²) in [6, 6.07) is 66.9. The van der Waals surface area contributed by atoms with Gasteiger partial charge in [0, 0.05) is 22.0 Å². The average molecular weight is 704 g/mol. The monoisotopic (exact) mass is 703 g/mol. The van der Waals surface area contributed by atoms with Crippen LogP contribution in [0.1, 0.15) is 49.9 Å². The Morgan fingerprint density at radius 2 is 0.691 bits per heavy atom. The lowest BCUT2D eigenvalue weighted by molar-refractivity contribution is 0.622. The molecule has 262 valence electrons. The Bertz CT molecular complexity index is 2620. The van der Waals surface area contributed by atoms with E-state index in [0.29, 0.717) is 0 Å². The van der Waals surface area contributed by atoms with Crippen molar-refractivity contribution >= 4 is 23.1 Å². The number of nitrogens with zero attached hydrogens (tertiary/aromatic N) is 1. The third-order valence-electron chi connectivity index (χ3n) is 12.4. The van der Waals surface area contributed by atoms with Crippen molar-refractivity contribution in [3.05, 3.63) is 204 Å². The van der Waals surface area contributed by atoms with E-state index in [0.717, 1.165) is 28.1 Å². The molecule has 0 fully saturated rings. The highest BCUT2D eigenvalue weighted by Gasteiger charge is 2.48. The Kier molecular flexibility index (Phi) is 7.68. The highest BCUT2D eigenvalue weighted by Crippen LogP contribution is 2.43. The van der Waals surface area contributed by atoms with E-state index in [1.807, 2.05) is 0 Å². The van der Waals surface area contributed by atoms with Gasteiger partial charge >= 0.3 is 0 Å². The van der Waals surface area contributed by atoms with Crippen LogP contribution in [0.3, 0.4) is 0 Å². The van der Waals surface area contributed by atoms with Crippen LogP contribution in [0.4, 0.5) is 0 Å². The molecule has 55 heavy (non-hydrogen) atoms. The molecule has 0 amide bonds. The molecule has 2 aliphatic heterocycles. The molecule has 0 bridgehead atoms. The van der Waals surface area contributed by atoms with Gasteiger partial charge in [-0.25, -0.2) is 4.98 Å². The zero-order chi connectivity index (χ0) is 37.3. The molecule has 7 aromatic carbocycles. The molecule has 0 atom stereocenters. The van der Waals surface area contributed by atoms with E-state index in [1.165, 1.54) is 66.5 Å². The Hall–Kier alpha value is -6.25. The summed E-state index contributed by atoms with van der Waals surface area (Å²) in [6.45, 7) is 9.91. The van der Waals surface area contributed by atoms with Crippen LogP contribution in [0.25, 0.3) is 55.9 Å². The van der Waals surface area contributed by atoms with E-state index in [4.69, 9.17) is 4.98 Å². The Labute approximate surface area is 325 Å². The molecule has 1 aromatic heterocycles. The van der Waals surface area contributed by atoms with Crippen LogP contribution in [-0.2, 0) is 10.8 Å². The van der Waals surface area contributed by atoms with Gasteiger partial charge in [-0.3, -0.25) is 0 Å². The zero-order valence-electron chi connectivity index (χ0n) is 31.8. The van der Waals surface area contributed by atoms with Crippen molar-refractivity contribution < 1.29 is 0 Å². The lowest BCUT2D eigenvalue weighted by Crippen LogP contribution is -2.66. The van der Waals surface area contributed by atoms with Crippen LogP contribution in [0, 0.1) is 0 Å². The number of rotatable bonds is 5. The fourth-order valence-electron chi connectivity index (χ4n) is 9.54. The molecule has 0 aliphatic carbocycles. The van der Waals surface area contributed by atoms with Gasteiger partial charge in [0.05, 0.1) is 11.4 Å². The number of benzene rings is 7. The minimum atomic E-state index is -0.136. The summed E-state index contributed by atoms with van der Waals surface area (Å²) in [5.74, 6) is 0. The van der Waals surface area contributed by atoms with Gasteiger partial charge in [0.25, 0.3) is 0 Å². The molecule has 0 radical (unpaired) electrons. The first-order chi connectivity index (χ1) is 26.8. The second-order valence-corrected chi connectivity index (χ2v) is 16.4. The van der Waals surface area contributed by atoms with Gasteiger partial charge in [0.15, 0.2) is 0 Å². The van der Waals surface area contributed by atoms with E-state index in [2.05, 4.69) is 210 Å². The maximum atomic E-state index is 5.12. The van der Waals surface area contributed by atoms with Crippen LogP contribution in [0.15, 0.2) is 182 Å². The second-order valence-electron chi connectivity index (χ2n) is 16.4. The normalized spacial score (nSPS) is 14.4. The summed E-state index contributed by atoms with van der Waals surface area (Å²) in [7, 11) is 0. The summed E-state index contributed by atoms with van der Waals surface area (Å²) in [6.07, 6.45) is 0. The Balaban J connectivity index is 1.10. The second kappa shape index (κ2) is 12.7. The Morgan fingerprint density at radius 3 is 1.15 bits per heavy atom. The largest absolute Gasteiger partial charge is 0.248 e. The first-order valence-corrected chi connectivity index (χ1v) is 19.5. The van der Waals surface area contributed by atoms with Crippen LogP contribution in [0.2, 0.25) is 0 Å². The molecule has 0 unspecified atom stereocenters. The maximum absolute atomic E-state index is 5.12. The van der Waals surface area contributed by atoms with Gasteiger partial charge in [-0.15, -0.1) is 0 Å². The summed E-state index contributed by atoms with van der Waals surface area (Å²) in [5, 5.41) is 0. The maximum Gasteiger partial charge on any atom is 0.242 e. The molecule has 1 nitrogen and oxygen atoms in total. The molecule has 0 saturated heterocycles. The highest BCUT2D eigenvalue weighted by atomic mass is 14.7. The standard InChI is InChI=1S/C53H42BN/c1-52(2)43-25-11-13-27-47(43)54-48-28-14-12-26-44(48)53(3,4)46-32-41(31-45(52)51(46)54)39-23-15-21-37(29-39)38-22-16-24-40(30-38)42-33-49(35-17-7-5-8-18-35)55-50(34-42)36-19-9-6-10-20-36/h5-34H,1-4H3. The smallest absolute Gasteiger partial charge is 0.242 e. The van der Waals surface area contributed by atoms with Crippen LogP contribution in [0.5, 0.6) is 0 Å². The molecule has 10 rings (SSSR count). The molecular weight excluding hydrogens is 661 g/mol. The number of aromatic nitrogens is 1. The summed E-state index contributed by atoms with van der Waals surface area (Å²) in [5.41, 5.74) is 21.3. The quantitative estimate of drug-likeness (QED) is 0.163. The Morgan fingerprint density at radius 1 is 0.327 bits per heavy atom. The van der Waals surface area contributed by atoms with Crippen molar-refractivity contribution in [1.82, 2.24) is 4.98 Å². The third kappa shape index (κ3) is 5.42. The van der Waals surface area contributed by atoms with Crippen molar-refractivity contribution in [3.8, 4) is 55.9 Å². The third-order valence-corrected chi connectivity index (χ3v) is 12.4. The fourth-order valence-corrected chi connectivity index (χ4v) is 9.54. The van der Waals surface area contributed by atoms with Crippen molar-refractivity contribution in [1.29, 1.82) is 0 Å². The molecule has 3 heterocycles. The predicted molar refractivity (Wildman–Crippen MR) is 233 cm³/mol. The van der Waals surface area contributed by atoms with E-state index < -0.39 is 0 Å². The van der Waals surface area contributed by atoms with Gasteiger partial charge in [-0.2, -0.15) is 0 Å². The molecule has 0 spiro atoms. The van der Waals surface area contributed by atoms with Crippen LogP contribution >= 0.6 is 0 Å². The number of hydrogen-bond acceptors (Lipinski definition) is 1. The molecule has 0 N–H and O–H groups in total. The van der Waals surface area contributed by atoms with Gasteiger partial charge < -0.3 is 0 Å². The van der Waals surface area contributed by atoms with E-state index in [9.17, 15) is 0 Å². The minimum Gasteiger partial charge on any atom is -0.248 e. The fraction of sp³-hybridized carbons (Fsp3) is 0.113. The molecule has 8 aromatic rings. The molecule has 2 heteroatoms. The van der Waals surface area contributed by atoms with Gasteiger partial charge in [-0.1, -0.05) is 202 Å². The minimum absolute atomic E-state index is 0.136. The average Bonchev–Trinajstić information content (AvgIpc) is 3.24. The predicted octanol–water partition coefficient (Wildman–Crippen LogP) is 11.2. The number of hydrogen-bond donors (Lipinski definition) is 0. The van der Waals surface area contributed by atoms with Crippen LogP contribution in [-0.4, -0.2) is 11.7 Å². The van der Waals surface area contributed by atoms with E-state index in [1.54, 1.807) is 0 Å². The molecule has 2 aliphatic rings. The molecule has 0 saturated carbocycles. The summed E-state index contributed by atoms with van der Waals surface area (Å²) >= 11 is 0. The van der Waals surface area contributed by atoms with Crippen molar-refractivity contribution in [3.63, 3.8) is 0 Å². The van der Waals surface area contributed by atoms with Gasteiger partial charge in [0.2, 0.25) is 6.71 Å². The lowest BCUT2D eigenvalue weighted by Gasteiger charge is -2.47. The van der Waals surface area contributed by atoms with E-state index in [-0.39, 0.29) is 17.5 Å². The number of pyridine rings is 1.